The Morgan fingerprint density at radius 2 is 2.00 bits per heavy atom. The number of anilines is 1. The molecule has 2 aromatic rings. The van der Waals surface area contributed by atoms with E-state index in [1.807, 2.05) is 11.9 Å². The molecule has 1 aliphatic rings. The average molecular weight is 342 g/mol. The maximum atomic E-state index is 13.5. The molecule has 0 atom stereocenters. The van der Waals surface area contributed by atoms with Gasteiger partial charge in [-0.1, -0.05) is 0 Å². The average Bonchev–Trinajstić information content (AvgIpc) is 2.43. The van der Waals surface area contributed by atoms with Crippen molar-refractivity contribution in [1.29, 1.82) is 0 Å². The number of thioether (sulfide) groups is 1. The van der Waals surface area contributed by atoms with Crippen LogP contribution in [0.25, 0.3) is 10.9 Å². The zero-order valence-corrected chi connectivity index (χ0v) is 13.9. The number of aromatic nitrogens is 1. The van der Waals surface area contributed by atoms with Gasteiger partial charge in [-0.3, -0.25) is 0 Å². The van der Waals surface area contributed by atoms with Crippen LogP contribution in [-0.4, -0.2) is 30.4 Å². The number of hydrogen-bond acceptors (Lipinski definition) is 4. The van der Waals surface area contributed by atoms with Crippen LogP contribution in [0.3, 0.4) is 0 Å². The van der Waals surface area contributed by atoms with E-state index >= 15 is 0 Å². The monoisotopic (exact) mass is 342 g/mol. The van der Waals surface area contributed by atoms with Gasteiger partial charge in [-0.15, -0.1) is 11.8 Å². The Labute approximate surface area is 136 Å². The highest BCUT2D eigenvalue weighted by atomic mass is 32.2. The molecule has 1 aromatic carbocycles. The third kappa shape index (κ3) is 3.20. The lowest BCUT2D eigenvalue weighted by Gasteiger charge is -2.27. The summed E-state index contributed by atoms with van der Waals surface area (Å²) < 4.78 is 45.8. The first-order valence-electron chi connectivity index (χ1n) is 7.32. The second-order valence-corrected chi connectivity index (χ2v) is 6.92. The highest BCUT2D eigenvalue weighted by Crippen LogP contribution is 2.42. The number of fused-ring (bicyclic) bond motifs is 2. The molecule has 0 unspecified atom stereocenters. The van der Waals surface area contributed by atoms with Crippen molar-refractivity contribution in [3.63, 3.8) is 0 Å². The molecule has 0 saturated heterocycles. The molecule has 0 aliphatic carbocycles. The smallest absolute Gasteiger partial charge is 0.417 e. The van der Waals surface area contributed by atoms with Gasteiger partial charge >= 0.3 is 6.18 Å². The van der Waals surface area contributed by atoms with Crippen molar-refractivity contribution in [2.24, 2.45) is 0 Å². The Morgan fingerprint density at radius 1 is 1.26 bits per heavy atom. The van der Waals surface area contributed by atoms with Crippen LogP contribution in [0.15, 0.2) is 23.1 Å². The van der Waals surface area contributed by atoms with Crippen LogP contribution in [-0.2, 0) is 6.18 Å². The Morgan fingerprint density at radius 3 is 2.65 bits per heavy atom. The predicted molar refractivity (Wildman–Crippen MR) is 86.5 cm³/mol. The van der Waals surface area contributed by atoms with E-state index in [1.165, 1.54) is 0 Å². The molecule has 0 spiro atoms. The molecule has 124 valence electrons. The fourth-order valence-corrected chi connectivity index (χ4v) is 3.72. The molecule has 1 aliphatic heterocycles. The SMILES string of the molecule is CC(C)Oc1cc(C(F)(F)F)c2cc3c(cc2n1)SCCN3C. The van der Waals surface area contributed by atoms with Gasteiger partial charge in [0.1, 0.15) is 0 Å². The number of rotatable bonds is 2. The van der Waals surface area contributed by atoms with Gasteiger partial charge in [0.15, 0.2) is 0 Å². The van der Waals surface area contributed by atoms with Crippen LogP contribution in [0.4, 0.5) is 18.9 Å². The van der Waals surface area contributed by atoms with Crippen molar-refractivity contribution in [3.05, 3.63) is 23.8 Å². The molecule has 23 heavy (non-hydrogen) atoms. The fraction of sp³-hybridized carbons (Fsp3) is 0.438. The van der Waals surface area contributed by atoms with E-state index in [0.29, 0.717) is 5.52 Å². The highest BCUT2D eigenvalue weighted by Gasteiger charge is 2.34. The number of nitrogens with zero attached hydrogens (tertiary/aromatic N) is 2. The Kier molecular flexibility index (Phi) is 4.08. The van der Waals surface area contributed by atoms with Crippen LogP contribution in [0, 0.1) is 0 Å². The maximum Gasteiger partial charge on any atom is 0.417 e. The summed E-state index contributed by atoms with van der Waals surface area (Å²) in [5, 5.41) is 0.113. The lowest BCUT2D eigenvalue weighted by Crippen LogP contribution is -2.24. The largest absolute Gasteiger partial charge is 0.475 e. The minimum Gasteiger partial charge on any atom is -0.475 e. The van der Waals surface area contributed by atoms with Gasteiger partial charge in [0.25, 0.3) is 0 Å². The maximum absolute atomic E-state index is 13.5. The summed E-state index contributed by atoms with van der Waals surface area (Å²) in [4.78, 5) is 7.20. The van der Waals surface area contributed by atoms with Crippen LogP contribution < -0.4 is 9.64 Å². The number of halogens is 3. The molecule has 0 saturated carbocycles. The molecule has 3 nitrogen and oxygen atoms in total. The number of hydrogen-bond donors (Lipinski definition) is 0. The Bertz CT molecular complexity index is 746. The molecular formula is C16H17F3N2OS. The van der Waals surface area contributed by atoms with Crippen molar-refractivity contribution in [2.45, 2.75) is 31.0 Å². The van der Waals surface area contributed by atoms with Crippen LogP contribution in [0.2, 0.25) is 0 Å². The Hall–Kier alpha value is -1.63. The van der Waals surface area contributed by atoms with Crippen molar-refractivity contribution >= 4 is 28.4 Å². The van der Waals surface area contributed by atoms with Gasteiger partial charge in [-0.25, -0.2) is 4.98 Å². The minimum absolute atomic E-state index is 0.00828. The van der Waals surface area contributed by atoms with Crippen molar-refractivity contribution in [2.75, 3.05) is 24.2 Å². The Balaban J connectivity index is 2.25. The number of pyridine rings is 1. The molecule has 2 heterocycles. The van der Waals surface area contributed by atoms with Crippen molar-refractivity contribution < 1.29 is 17.9 Å². The molecule has 0 N–H and O–H groups in total. The van der Waals surface area contributed by atoms with E-state index in [4.69, 9.17) is 4.74 Å². The molecule has 7 heteroatoms. The van der Waals surface area contributed by atoms with Crippen LogP contribution in [0.1, 0.15) is 19.4 Å². The zero-order valence-electron chi connectivity index (χ0n) is 13.1. The van der Waals surface area contributed by atoms with Gasteiger partial charge in [0.2, 0.25) is 5.88 Å². The van der Waals surface area contributed by atoms with Crippen LogP contribution in [0.5, 0.6) is 5.88 Å². The number of alkyl halides is 3. The summed E-state index contributed by atoms with van der Waals surface area (Å²) in [6, 6.07) is 4.31. The standard InChI is InChI=1S/C16H17F3N2OS/c1-9(2)22-15-7-11(16(17,18)19)10-6-13-14(8-12(10)20-15)23-5-4-21(13)3/h6-9H,4-5H2,1-3H3. The minimum atomic E-state index is -4.45. The highest BCUT2D eigenvalue weighted by molar-refractivity contribution is 7.99. The van der Waals surface area contributed by atoms with E-state index in [9.17, 15) is 13.2 Å². The molecule has 0 bridgehead atoms. The quantitative estimate of drug-likeness (QED) is 0.797. The van der Waals surface area contributed by atoms with Crippen molar-refractivity contribution in [3.8, 4) is 5.88 Å². The van der Waals surface area contributed by atoms with Gasteiger partial charge in [0, 0.05) is 35.7 Å². The first-order chi connectivity index (χ1) is 10.8. The summed E-state index contributed by atoms with van der Waals surface area (Å²) in [7, 11) is 1.89. The lowest BCUT2D eigenvalue weighted by atomic mass is 10.1. The summed E-state index contributed by atoms with van der Waals surface area (Å²) in [6.07, 6.45) is -4.69. The predicted octanol–water partition coefficient (Wildman–Crippen LogP) is 4.58. The summed E-state index contributed by atoms with van der Waals surface area (Å²) in [5.41, 5.74) is 0.431. The van der Waals surface area contributed by atoms with Gasteiger partial charge in [-0.05, 0) is 26.0 Å². The summed E-state index contributed by atoms with van der Waals surface area (Å²) in [6.45, 7) is 4.33. The van der Waals surface area contributed by atoms with Gasteiger partial charge in [-0.2, -0.15) is 13.2 Å². The van der Waals surface area contributed by atoms with Gasteiger partial charge < -0.3 is 9.64 Å². The van der Waals surface area contributed by atoms with Crippen LogP contribution >= 0.6 is 11.8 Å². The van der Waals surface area contributed by atoms with E-state index in [1.54, 1.807) is 37.7 Å². The van der Waals surface area contributed by atoms with E-state index < -0.39 is 11.7 Å². The van der Waals surface area contributed by atoms with E-state index in [0.717, 1.165) is 28.9 Å². The summed E-state index contributed by atoms with van der Waals surface area (Å²) in [5.74, 6) is 0.914. The molecule has 1 aromatic heterocycles. The third-order valence-corrected chi connectivity index (χ3v) is 4.65. The molecule has 0 amide bonds. The lowest BCUT2D eigenvalue weighted by molar-refractivity contribution is -0.136. The second kappa shape index (κ2) is 5.78. The zero-order chi connectivity index (χ0) is 16.8. The first kappa shape index (κ1) is 16.2. The summed E-state index contributed by atoms with van der Waals surface area (Å²) >= 11 is 1.64. The normalized spacial score (nSPS) is 15.2. The third-order valence-electron chi connectivity index (χ3n) is 3.62. The second-order valence-electron chi connectivity index (χ2n) is 5.78. The first-order valence-corrected chi connectivity index (χ1v) is 8.31. The molecule has 0 fully saturated rings. The molecular weight excluding hydrogens is 325 g/mol. The molecule has 3 rings (SSSR count). The van der Waals surface area contributed by atoms with Gasteiger partial charge in [0.05, 0.1) is 22.9 Å². The van der Waals surface area contributed by atoms with Crippen molar-refractivity contribution in [1.82, 2.24) is 4.98 Å². The molecule has 0 radical (unpaired) electrons. The van der Waals surface area contributed by atoms with E-state index in [2.05, 4.69) is 4.98 Å². The van der Waals surface area contributed by atoms with E-state index in [-0.39, 0.29) is 17.4 Å². The fourth-order valence-electron chi connectivity index (χ4n) is 2.58. The number of ether oxygens (including phenoxy) is 1. The topological polar surface area (TPSA) is 25.4 Å². The number of benzene rings is 1.